The van der Waals surface area contributed by atoms with Gasteiger partial charge in [0.1, 0.15) is 5.75 Å². The number of carbonyl (C=O) groups excluding carboxylic acids is 1. The number of rotatable bonds is 5. The fourth-order valence-electron chi connectivity index (χ4n) is 3.19. The minimum Gasteiger partial charge on any atom is -0.494 e. The lowest BCUT2D eigenvalue weighted by molar-refractivity contribution is -0.122. The SMILES string of the molecule is COc1c(Br)cc(/C=N/NC(=O)[C@@H]2C[C@@H]2c2ccc(C(C)(C)C)cc2)cc1Br. The zero-order valence-electron chi connectivity index (χ0n) is 16.4. The van der Waals surface area contributed by atoms with Crippen molar-refractivity contribution in [2.75, 3.05) is 7.11 Å². The first-order chi connectivity index (χ1) is 13.2. The molecule has 0 bridgehead atoms. The zero-order chi connectivity index (χ0) is 20.5. The summed E-state index contributed by atoms with van der Waals surface area (Å²) in [6, 6.07) is 12.4. The predicted molar refractivity (Wildman–Crippen MR) is 120 cm³/mol. The van der Waals surface area contributed by atoms with Gasteiger partial charge in [-0.2, -0.15) is 5.10 Å². The molecule has 0 aromatic heterocycles. The molecule has 0 saturated heterocycles. The van der Waals surface area contributed by atoms with Crippen LogP contribution in [0.4, 0.5) is 0 Å². The molecule has 148 valence electrons. The van der Waals surface area contributed by atoms with Crippen LogP contribution in [0.3, 0.4) is 0 Å². The van der Waals surface area contributed by atoms with E-state index >= 15 is 0 Å². The van der Waals surface area contributed by atoms with Crippen LogP contribution in [0.25, 0.3) is 0 Å². The Kier molecular flexibility index (Phi) is 6.30. The maximum atomic E-state index is 12.4. The van der Waals surface area contributed by atoms with Gasteiger partial charge in [0.05, 0.1) is 22.3 Å². The molecule has 0 spiro atoms. The molecule has 2 aromatic rings. The Morgan fingerprint density at radius 1 is 1.18 bits per heavy atom. The first-order valence-corrected chi connectivity index (χ1v) is 10.8. The van der Waals surface area contributed by atoms with E-state index in [4.69, 9.17) is 4.74 Å². The van der Waals surface area contributed by atoms with Gasteiger partial charge in [-0.25, -0.2) is 5.43 Å². The number of nitrogens with zero attached hydrogens (tertiary/aromatic N) is 1. The highest BCUT2D eigenvalue weighted by molar-refractivity contribution is 9.11. The second-order valence-electron chi connectivity index (χ2n) is 8.07. The van der Waals surface area contributed by atoms with Crippen LogP contribution < -0.4 is 10.2 Å². The van der Waals surface area contributed by atoms with Crippen molar-refractivity contribution in [1.29, 1.82) is 0 Å². The van der Waals surface area contributed by atoms with Gasteiger partial charge in [-0.3, -0.25) is 4.79 Å². The van der Waals surface area contributed by atoms with E-state index in [1.807, 2.05) is 12.1 Å². The molecule has 1 aliphatic rings. The highest BCUT2D eigenvalue weighted by Crippen LogP contribution is 2.47. The lowest BCUT2D eigenvalue weighted by atomic mass is 9.86. The van der Waals surface area contributed by atoms with Crippen molar-refractivity contribution < 1.29 is 9.53 Å². The molecule has 1 fully saturated rings. The predicted octanol–water partition coefficient (Wildman–Crippen LogP) is 5.77. The maximum Gasteiger partial charge on any atom is 0.243 e. The van der Waals surface area contributed by atoms with Gasteiger partial charge in [-0.1, -0.05) is 45.0 Å². The number of ether oxygens (including phenoxy) is 1. The van der Waals surface area contributed by atoms with E-state index in [-0.39, 0.29) is 23.2 Å². The van der Waals surface area contributed by atoms with Crippen molar-refractivity contribution in [3.8, 4) is 5.75 Å². The van der Waals surface area contributed by atoms with Crippen LogP contribution in [0.2, 0.25) is 0 Å². The molecule has 0 heterocycles. The summed E-state index contributed by atoms with van der Waals surface area (Å²) in [6.07, 6.45) is 2.50. The Morgan fingerprint density at radius 2 is 1.79 bits per heavy atom. The molecule has 3 rings (SSSR count). The highest BCUT2D eigenvalue weighted by Gasteiger charge is 2.44. The monoisotopic (exact) mass is 506 g/mol. The molecule has 6 heteroatoms. The van der Waals surface area contributed by atoms with E-state index in [2.05, 4.69) is 87.4 Å². The third kappa shape index (κ3) is 4.84. The number of halogens is 2. The minimum atomic E-state index is -0.0345. The zero-order valence-corrected chi connectivity index (χ0v) is 19.6. The van der Waals surface area contributed by atoms with E-state index in [0.29, 0.717) is 0 Å². The summed E-state index contributed by atoms with van der Waals surface area (Å²) in [5.74, 6) is 0.966. The van der Waals surface area contributed by atoms with Gasteiger partial charge in [-0.15, -0.1) is 0 Å². The van der Waals surface area contributed by atoms with Gasteiger partial charge in [0.25, 0.3) is 0 Å². The van der Waals surface area contributed by atoms with Crippen LogP contribution in [0.1, 0.15) is 49.8 Å². The second-order valence-corrected chi connectivity index (χ2v) is 9.78. The van der Waals surface area contributed by atoms with E-state index in [9.17, 15) is 4.79 Å². The molecule has 2 aromatic carbocycles. The Bertz CT molecular complexity index is 879. The largest absolute Gasteiger partial charge is 0.494 e. The van der Waals surface area contributed by atoms with Crippen molar-refractivity contribution in [3.63, 3.8) is 0 Å². The Balaban J connectivity index is 1.57. The van der Waals surface area contributed by atoms with Crippen LogP contribution in [0.15, 0.2) is 50.4 Å². The molecule has 2 atom stereocenters. The fourth-order valence-corrected chi connectivity index (χ4v) is 4.73. The molecule has 0 radical (unpaired) electrons. The summed E-state index contributed by atoms with van der Waals surface area (Å²) >= 11 is 6.92. The molecular formula is C22H24Br2N2O2. The average molecular weight is 508 g/mol. The van der Waals surface area contributed by atoms with Gasteiger partial charge in [0.15, 0.2) is 0 Å². The third-order valence-electron chi connectivity index (χ3n) is 4.95. The summed E-state index contributed by atoms with van der Waals surface area (Å²) in [4.78, 5) is 12.4. The number of benzene rings is 2. The number of hydrogen-bond acceptors (Lipinski definition) is 3. The van der Waals surface area contributed by atoms with Gasteiger partial charge in [-0.05, 0) is 78.4 Å². The van der Waals surface area contributed by atoms with Crippen LogP contribution in [-0.2, 0) is 10.2 Å². The number of methoxy groups -OCH3 is 1. The second kappa shape index (κ2) is 8.37. The summed E-state index contributed by atoms with van der Waals surface area (Å²) in [5, 5.41) is 4.11. The van der Waals surface area contributed by atoms with E-state index in [0.717, 1.165) is 26.7 Å². The van der Waals surface area contributed by atoms with Crippen LogP contribution in [-0.4, -0.2) is 19.2 Å². The Morgan fingerprint density at radius 3 is 2.32 bits per heavy atom. The Labute approximate surface area is 183 Å². The van der Waals surface area contributed by atoms with Crippen LogP contribution in [0.5, 0.6) is 5.75 Å². The van der Waals surface area contributed by atoms with E-state index in [1.54, 1.807) is 13.3 Å². The molecule has 1 amide bonds. The molecule has 0 aliphatic heterocycles. The number of amides is 1. The number of nitrogens with one attached hydrogen (secondary N) is 1. The first-order valence-electron chi connectivity index (χ1n) is 9.17. The molecule has 4 nitrogen and oxygen atoms in total. The average Bonchev–Trinajstić information content (AvgIpc) is 3.42. The molecular weight excluding hydrogens is 484 g/mol. The lowest BCUT2D eigenvalue weighted by Gasteiger charge is -2.19. The topological polar surface area (TPSA) is 50.7 Å². The van der Waals surface area contributed by atoms with Crippen molar-refractivity contribution in [2.24, 2.45) is 11.0 Å². The summed E-state index contributed by atoms with van der Waals surface area (Å²) in [6.45, 7) is 6.61. The molecule has 1 N–H and O–H groups in total. The number of carbonyl (C=O) groups is 1. The Hall–Kier alpha value is -1.66. The van der Waals surface area contributed by atoms with Gasteiger partial charge in [0.2, 0.25) is 5.91 Å². The first kappa shape index (κ1) is 21.1. The maximum absolute atomic E-state index is 12.4. The van der Waals surface area contributed by atoms with Crippen molar-refractivity contribution >= 4 is 44.0 Å². The van der Waals surface area contributed by atoms with Crippen LogP contribution >= 0.6 is 31.9 Å². The molecule has 1 aliphatic carbocycles. The number of hydrogen-bond donors (Lipinski definition) is 1. The summed E-state index contributed by atoms with van der Waals surface area (Å²) in [5.41, 5.74) is 6.18. The van der Waals surface area contributed by atoms with Gasteiger partial charge >= 0.3 is 0 Å². The van der Waals surface area contributed by atoms with E-state index in [1.165, 1.54) is 11.1 Å². The summed E-state index contributed by atoms with van der Waals surface area (Å²) in [7, 11) is 1.61. The normalized spacial score (nSPS) is 18.9. The quantitative estimate of drug-likeness (QED) is 0.412. The molecule has 0 unspecified atom stereocenters. The standard InChI is InChI=1S/C22H24Br2N2O2/c1-22(2,3)15-7-5-14(6-8-15)16-11-17(16)21(27)26-25-12-13-9-18(23)20(28-4)19(24)10-13/h5-10,12,16-17H,11H2,1-4H3,(H,26,27)/b25-12+/t16-,17-/m1/s1. The van der Waals surface area contributed by atoms with Crippen molar-refractivity contribution in [2.45, 2.75) is 38.5 Å². The van der Waals surface area contributed by atoms with Crippen LogP contribution in [0, 0.1) is 5.92 Å². The smallest absolute Gasteiger partial charge is 0.243 e. The highest BCUT2D eigenvalue weighted by atomic mass is 79.9. The lowest BCUT2D eigenvalue weighted by Crippen LogP contribution is -2.20. The van der Waals surface area contributed by atoms with Crippen molar-refractivity contribution in [3.05, 3.63) is 62.0 Å². The van der Waals surface area contributed by atoms with E-state index < -0.39 is 0 Å². The van der Waals surface area contributed by atoms with Gasteiger partial charge < -0.3 is 4.74 Å². The third-order valence-corrected chi connectivity index (χ3v) is 6.12. The summed E-state index contributed by atoms with van der Waals surface area (Å²) < 4.78 is 6.92. The number of hydrazone groups is 1. The molecule has 28 heavy (non-hydrogen) atoms. The van der Waals surface area contributed by atoms with Crippen molar-refractivity contribution in [1.82, 2.24) is 5.43 Å². The minimum absolute atomic E-state index is 0.00743. The fraction of sp³-hybridized carbons (Fsp3) is 0.364. The van der Waals surface area contributed by atoms with Gasteiger partial charge in [0, 0.05) is 5.92 Å². The molecule has 1 saturated carbocycles.